The van der Waals surface area contributed by atoms with E-state index in [-0.39, 0.29) is 54.0 Å². The molecular weight excluding hydrogens is 555 g/mol. The third-order valence-electron chi connectivity index (χ3n) is 10.2. The minimum absolute atomic E-state index is 0.0958. The molecule has 5 rings (SSSR count). The van der Waals surface area contributed by atoms with E-state index in [0.29, 0.717) is 31.3 Å². The standard InChI is InChI=1S/C26H43ClF3N5O3S/c1-15-12-18(34-16(2)4-7-20-21(34)14-31-23-13-22(27)32-35(20)23)5-6-19(15)24(26(28,29)30)33(3)25(36)17-8-10-39(37,38)11-9-17/h15-24,31-32H,4-14H2,1-3H3/t15?,16-,18?,19?,20?,21?,22?,23?,24-/m0/s1. The number of likely N-dealkylation sites (tertiary alicyclic amines) is 1. The number of hydrogen-bond donors (Lipinski definition) is 2. The monoisotopic (exact) mass is 597 g/mol. The molecule has 4 aliphatic heterocycles. The molecule has 4 heterocycles. The van der Waals surface area contributed by atoms with Crippen molar-refractivity contribution in [3.05, 3.63) is 0 Å². The molecule has 2 N–H and O–H groups in total. The van der Waals surface area contributed by atoms with Gasteiger partial charge in [0.2, 0.25) is 5.91 Å². The zero-order valence-electron chi connectivity index (χ0n) is 23.0. The Morgan fingerprint density at radius 3 is 2.36 bits per heavy atom. The molecule has 0 radical (unpaired) electrons. The van der Waals surface area contributed by atoms with Gasteiger partial charge in [0.05, 0.1) is 23.2 Å². The first-order valence-electron chi connectivity index (χ1n) is 14.5. The molecule has 39 heavy (non-hydrogen) atoms. The van der Waals surface area contributed by atoms with Crippen LogP contribution in [0, 0.1) is 17.8 Å². The van der Waals surface area contributed by atoms with Gasteiger partial charge in [0.15, 0.2) is 0 Å². The number of carbonyl (C=O) groups is 1. The van der Waals surface area contributed by atoms with E-state index >= 15 is 0 Å². The van der Waals surface area contributed by atoms with Gasteiger partial charge in [-0.15, -0.1) is 11.6 Å². The third-order valence-corrected chi connectivity index (χ3v) is 12.2. The van der Waals surface area contributed by atoms with E-state index in [4.69, 9.17) is 11.6 Å². The lowest BCUT2D eigenvalue weighted by molar-refractivity contribution is -0.207. The molecule has 13 heteroatoms. The quantitative estimate of drug-likeness (QED) is 0.381. The average Bonchev–Trinajstić information content (AvgIpc) is 3.24. The summed E-state index contributed by atoms with van der Waals surface area (Å²) in [7, 11) is -1.95. The molecule has 224 valence electrons. The number of hydrogen-bond acceptors (Lipinski definition) is 7. The van der Waals surface area contributed by atoms with Gasteiger partial charge in [-0.3, -0.25) is 15.0 Å². The summed E-state index contributed by atoms with van der Waals surface area (Å²) in [5, 5.41) is 5.90. The maximum atomic E-state index is 14.5. The first-order chi connectivity index (χ1) is 18.3. The topological polar surface area (TPSA) is 85.0 Å². The molecule has 4 saturated heterocycles. The minimum Gasteiger partial charge on any atom is -0.333 e. The molecule has 0 bridgehead atoms. The van der Waals surface area contributed by atoms with Gasteiger partial charge in [-0.25, -0.2) is 18.9 Å². The Bertz CT molecular complexity index is 1010. The lowest BCUT2D eigenvalue weighted by atomic mass is 9.72. The summed E-state index contributed by atoms with van der Waals surface area (Å²) < 4.78 is 67.2. The van der Waals surface area contributed by atoms with Gasteiger partial charge in [-0.2, -0.15) is 13.2 Å². The van der Waals surface area contributed by atoms with Gasteiger partial charge < -0.3 is 4.90 Å². The molecule has 5 aliphatic rings. The van der Waals surface area contributed by atoms with E-state index in [2.05, 4.69) is 27.6 Å². The van der Waals surface area contributed by atoms with Crippen molar-refractivity contribution in [3.63, 3.8) is 0 Å². The van der Waals surface area contributed by atoms with Gasteiger partial charge in [0.1, 0.15) is 15.9 Å². The second-order valence-corrected chi connectivity index (χ2v) is 15.5. The van der Waals surface area contributed by atoms with Crippen molar-refractivity contribution >= 4 is 27.3 Å². The number of nitrogens with one attached hydrogen (secondary N) is 2. The highest BCUT2D eigenvalue weighted by molar-refractivity contribution is 7.91. The molecule has 5 fully saturated rings. The molecule has 0 spiro atoms. The molecule has 7 unspecified atom stereocenters. The van der Waals surface area contributed by atoms with E-state index in [0.717, 1.165) is 30.7 Å². The fourth-order valence-corrected chi connectivity index (χ4v) is 10.1. The van der Waals surface area contributed by atoms with Crippen LogP contribution < -0.4 is 10.7 Å². The van der Waals surface area contributed by atoms with E-state index in [1.807, 2.05) is 6.92 Å². The van der Waals surface area contributed by atoms with Crippen molar-refractivity contribution in [2.75, 3.05) is 25.1 Å². The zero-order chi connectivity index (χ0) is 28.3. The summed E-state index contributed by atoms with van der Waals surface area (Å²) in [6.07, 6.45) is 0.501. The number of halogens is 4. The largest absolute Gasteiger partial charge is 0.409 e. The molecule has 0 aromatic heterocycles. The summed E-state index contributed by atoms with van der Waals surface area (Å²) in [6, 6.07) is -0.755. The summed E-state index contributed by atoms with van der Waals surface area (Å²) in [4.78, 5) is 16.6. The smallest absolute Gasteiger partial charge is 0.333 e. The van der Waals surface area contributed by atoms with Crippen molar-refractivity contribution < 1.29 is 26.4 Å². The third kappa shape index (κ3) is 5.98. The van der Waals surface area contributed by atoms with Crippen molar-refractivity contribution in [2.24, 2.45) is 17.8 Å². The molecule has 9 atom stereocenters. The fraction of sp³-hybridized carbons (Fsp3) is 0.962. The Balaban J connectivity index is 1.28. The lowest BCUT2D eigenvalue weighted by Crippen LogP contribution is -2.71. The zero-order valence-corrected chi connectivity index (χ0v) is 24.6. The number of rotatable bonds is 4. The van der Waals surface area contributed by atoms with Crippen molar-refractivity contribution in [1.82, 2.24) is 25.6 Å². The van der Waals surface area contributed by atoms with Crippen LogP contribution in [0.4, 0.5) is 13.2 Å². The molecular formula is C26H43ClF3N5O3S. The highest BCUT2D eigenvalue weighted by Gasteiger charge is 2.54. The molecule has 1 amide bonds. The van der Waals surface area contributed by atoms with Crippen LogP contribution in [0.2, 0.25) is 0 Å². The van der Waals surface area contributed by atoms with Crippen LogP contribution >= 0.6 is 11.6 Å². The van der Waals surface area contributed by atoms with E-state index in [1.165, 1.54) is 7.05 Å². The van der Waals surface area contributed by atoms with Gasteiger partial charge in [0, 0.05) is 50.1 Å². The predicted molar refractivity (Wildman–Crippen MR) is 143 cm³/mol. The SMILES string of the molecule is CC1CC(N2C3CNC4CC(Cl)NN4C3CC[C@@H]2C)CCC1[C@H](N(C)C(=O)C1CCS(=O)(=O)CC1)C(F)(F)F. The van der Waals surface area contributed by atoms with E-state index in [9.17, 15) is 26.4 Å². The molecule has 1 aliphatic carbocycles. The number of nitrogens with zero attached hydrogens (tertiary/aromatic N) is 3. The Labute approximate surface area is 235 Å². The summed E-state index contributed by atoms with van der Waals surface area (Å²) in [6.45, 7) is 4.98. The van der Waals surface area contributed by atoms with Gasteiger partial charge >= 0.3 is 6.18 Å². The van der Waals surface area contributed by atoms with Crippen LogP contribution in [-0.2, 0) is 14.6 Å². The minimum atomic E-state index is -4.55. The summed E-state index contributed by atoms with van der Waals surface area (Å²) in [5.41, 5.74) is 3.31. The first kappa shape index (κ1) is 29.8. The maximum absolute atomic E-state index is 14.5. The molecule has 0 aromatic rings. The average molecular weight is 598 g/mol. The summed E-state index contributed by atoms with van der Waals surface area (Å²) in [5.74, 6) is -2.43. The fourth-order valence-electron chi connectivity index (χ4n) is 8.30. The van der Waals surface area contributed by atoms with Crippen molar-refractivity contribution in [1.29, 1.82) is 0 Å². The number of hydrazine groups is 1. The number of sulfone groups is 1. The van der Waals surface area contributed by atoms with Crippen LogP contribution in [0.3, 0.4) is 0 Å². The van der Waals surface area contributed by atoms with Crippen LogP contribution in [-0.4, -0.2) is 102 Å². The molecule has 0 aromatic carbocycles. The number of fused-ring (bicyclic) bond motifs is 3. The van der Waals surface area contributed by atoms with Gasteiger partial charge in [0.25, 0.3) is 0 Å². The van der Waals surface area contributed by atoms with Crippen LogP contribution in [0.5, 0.6) is 0 Å². The number of amides is 1. The molecule has 8 nitrogen and oxygen atoms in total. The highest BCUT2D eigenvalue weighted by Crippen LogP contribution is 2.45. The number of piperidine rings is 1. The first-order valence-corrected chi connectivity index (χ1v) is 16.8. The van der Waals surface area contributed by atoms with Crippen LogP contribution in [0.25, 0.3) is 0 Å². The second-order valence-electron chi connectivity index (χ2n) is 12.6. The Kier molecular flexibility index (Phi) is 8.57. The van der Waals surface area contributed by atoms with E-state index < -0.39 is 39.8 Å². The predicted octanol–water partition coefficient (Wildman–Crippen LogP) is 2.93. The Morgan fingerprint density at radius 2 is 1.72 bits per heavy atom. The van der Waals surface area contributed by atoms with Crippen molar-refractivity contribution in [2.45, 2.75) is 113 Å². The maximum Gasteiger partial charge on any atom is 0.409 e. The number of alkyl halides is 4. The number of carbonyl (C=O) groups excluding carboxylic acids is 1. The van der Waals surface area contributed by atoms with E-state index in [1.54, 1.807) is 0 Å². The molecule has 1 saturated carbocycles. The second kappa shape index (κ2) is 11.2. The Morgan fingerprint density at radius 1 is 1.03 bits per heavy atom. The van der Waals surface area contributed by atoms with Crippen molar-refractivity contribution in [3.8, 4) is 0 Å². The Hall–Kier alpha value is -0.660. The van der Waals surface area contributed by atoms with Crippen LogP contribution in [0.1, 0.15) is 65.2 Å². The van der Waals surface area contributed by atoms with Gasteiger partial charge in [-0.05, 0) is 63.7 Å². The summed E-state index contributed by atoms with van der Waals surface area (Å²) >= 11 is 6.39. The highest BCUT2D eigenvalue weighted by atomic mass is 35.5. The lowest BCUT2D eigenvalue weighted by Gasteiger charge is -2.56. The van der Waals surface area contributed by atoms with Crippen LogP contribution in [0.15, 0.2) is 0 Å². The van der Waals surface area contributed by atoms with Gasteiger partial charge in [-0.1, -0.05) is 6.92 Å². The normalized spacial score (nSPS) is 41.0.